The molecule has 0 atom stereocenters. The maximum absolute atomic E-state index is 13.3. The monoisotopic (exact) mass is 188 g/mol. The molecule has 0 bridgehead atoms. The summed E-state index contributed by atoms with van der Waals surface area (Å²) in [5.41, 5.74) is -0.0244. The van der Waals surface area contributed by atoms with Crippen molar-refractivity contribution >= 4 is 24.2 Å². The molecule has 2 aromatic rings. The summed E-state index contributed by atoms with van der Waals surface area (Å²) in [6.07, 6.45) is 1.28. The van der Waals surface area contributed by atoms with Crippen LogP contribution in [0.2, 0.25) is 0 Å². The van der Waals surface area contributed by atoms with E-state index in [2.05, 4.69) is 4.98 Å². The lowest BCUT2D eigenvalue weighted by Gasteiger charge is -2.02. The second kappa shape index (κ2) is 2.94. The van der Waals surface area contributed by atoms with Crippen LogP contribution in [-0.4, -0.2) is 17.4 Å². The van der Waals surface area contributed by atoms with Gasteiger partial charge in [-0.2, -0.15) is 0 Å². The van der Waals surface area contributed by atoms with Gasteiger partial charge in [-0.05, 0) is 6.07 Å². The highest BCUT2D eigenvalue weighted by Gasteiger charge is 2.06. The van der Waals surface area contributed by atoms with Crippen LogP contribution in [0.15, 0.2) is 23.3 Å². The predicted octanol–water partition coefficient (Wildman–Crippen LogP) is -0.134. The van der Waals surface area contributed by atoms with Gasteiger partial charge in [0.15, 0.2) is 0 Å². The van der Waals surface area contributed by atoms with Crippen LogP contribution in [0.3, 0.4) is 0 Å². The molecule has 3 nitrogen and oxygen atoms in total. The Kier molecular flexibility index (Phi) is 1.87. The predicted molar refractivity (Wildman–Crippen MR) is 52.3 cm³/mol. The number of benzene rings is 1. The maximum Gasteiger partial charge on any atom is 0.260 e. The summed E-state index contributed by atoms with van der Waals surface area (Å²) in [5.74, 6) is -0.572. The van der Waals surface area contributed by atoms with Crippen LogP contribution < -0.4 is 11.0 Å². The molecule has 0 amide bonds. The number of hydrogen-bond donors (Lipinski definition) is 0. The van der Waals surface area contributed by atoms with E-state index in [1.807, 2.05) is 0 Å². The zero-order chi connectivity index (χ0) is 10.3. The molecular formula is C9H6BFN2O. The summed E-state index contributed by atoms with van der Waals surface area (Å²) in [7, 11) is 6.98. The molecule has 14 heavy (non-hydrogen) atoms. The number of rotatable bonds is 0. The van der Waals surface area contributed by atoms with Gasteiger partial charge in [-0.25, -0.2) is 9.37 Å². The van der Waals surface area contributed by atoms with Crippen LogP contribution in [0.4, 0.5) is 4.39 Å². The van der Waals surface area contributed by atoms with Crippen molar-refractivity contribution < 1.29 is 4.39 Å². The second-order valence-corrected chi connectivity index (χ2v) is 3.06. The summed E-state index contributed by atoms with van der Waals surface area (Å²) < 4.78 is 14.5. The molecule has 1 aromatic carbocycles. The van der Waals surface area contributed by atoms with Gasteiger partial charge in [0.2, 0.25) is 0 Å². The van der Waals surface area contributed by atoms with Gasteiger partial charge in [0.25, 0.3) is 5.56 Å². The van der Waals surface area contributed by atoms with Crippen molar-refractivity contribution in [1.29, 1.82) is 0 Å². The lowest BCUT2D eigenvalue weighted by molar-refractivity contribution is 0.636. The molecule has 0 fully saturated rings. The third-order valence-electron chi connectivity index (χ3n) is 2.00. The minimum absolute atomic E-state index is 0.0577. The van der Waals surface area contributed by atoms with Crippen molar-refractivity contribution in [2.75, 3.05) is 0 Å². The first-order valence-corrected chi connectivity index (χ1v) is 4.00. The van der Waals surface area contributed by atoms with E-state index in [1.165, 1.54) is 17.0 Å². The third-order valence-corrected chi connectivity index (χ3v) is 2.00. The minimum atomic E-state index is -0.572. The summed E-state index contributed by atoms with van der Waals surface area (Å²) in [5, 5.41) is 0.201. The van der Waals surface area contributed by atoms with E-state index in [0.717, 1.165) is 6.07 Å². The number of halogens is 1. The van der Waals surface area contributed by atoms with Gasteiger partial charge >= 0.3 is 0 Å². The number of nitrogens with zero attached hydrogens (tertiary/aromatic N) is 2. The van der Waals surface area contributed by atoms with Crippen LogP contribution in [0, 0.1) is 5.82 Å². The smallest absolute Gasteiger partial charge is 0.260 e. The lowest BCUT2D eigenvalue weighted by atomic mass is 9.95. The Bertz CT molecular complexity index is 564. The van der Waals surface area contributed by atoms with Crippen molar-refractivity contribution in [3.63, 3.8) is 0 Å². The minimum Gasteiger partial charge on any atom is -0.302 e. The maximum atomic E-state index is 13.3. The average Bonchev–Trinajstić information content (AvgIpc) is 2.12. The van der Waals surface area contributed by atoms with Crippen LogP contribution in [0.5, 0.6) is 0 Å². The topological polar surface area (TPSA) is 34.9 Å². The SMILES string of the molecule is [B]c1cc(F)c2ncn(C)c(=O)c2c1. The van der Waals surface area contributed by atoms with E-state index in [1.54, 1.807) is 7.05 Å². The fourth-order valence-corrected chi connectivity index (χ4v) is 1.30. The van der Waals surface area contributed by atoms with Gasteiger partial charge < -0.3 is 4.57 Å². The van der Waals surface area contributed by atoms with Gasteiger partial charge in [-0.15, -0.1) is 0 Å². The van der Waals surface area contributed by atoms with Crippen LogP contribution >= 0.6 is 0 Å². The van der Waals surface area contributed by atoms with E-state index in [0.29, 0.717) is 0 Å². The Morgan fingerprint density at radius 3 is 2.93 bits per heavy atom. The first-order valence-electron chi connectivity index (χ1n) is 4.00. The van der Waals surface area contributed by atoms with Gasteiger partial charge in [0.05, 0.1) is 11.7 Å². The third kappa shape index (κ3) is 1.21. The van der Waals surface area contributed by atoms with E-state index in [-0.39, 0.29) is 21.9 Å². The second-order valence-electron chi connectivity index (χ2n) is 3.06. The summed E-state index contributed by atoms with van der Waals surface area (Å²) in [6, 6.07) is 2.57. The highest BCUT2D eigenvalue weighted by molar-refractivity contribution is 6.33. The van der Waals surface area contributed by atoms with Crippen molar-refractivity contribution in [2.45, 2.75) is 0 Å². The molecule has 68 valence electrons. The molecule has 0 aliphatic heterocycles. The van der Waals surface area contributed by atoms with Crippen molar-refractivity contribution in [3.8, 4) is 0 Å². The largest absolute Gasteiger partial charge is 0.302 e. The zero-order valence-electron chi connectivity index (χ0n) is 7.49. The highest BCUT2D eigenvalue weighted by atomic mass is 19.1. The first-order chi connectivity index (χ1) is 6.59. The van der Waals surface area contributed by atoms with Crippen molar-refractivity contribution in [3.05, 3.63) is 34.6 Å². The molecule has 0 saturated carbocycles. The van der Waals surface area contributed by atoms with Gasteiger partial charge in [-0.1, -0.05) is 11.5 Å². The Morgan fingerprint density at radius 1 is 1.50 bits per heavy atom. The number of hydrogen-bond acceptors (Lipinski definition) is 2. The molecule has 0 saturated heterocycles. The highest BCUT2D eigenvalue weighted by Crippen LogP contribution is 2.08. The summed E-state index contributed by atoms with van der Waals surface area (Å²) >= 11 is 0. The number of aromatic nitrogens is 2. The van der Waals surface area contributed by atoms with E-state index >= 15 is 0 Å². The van der Waals surface area contributed by atoms with Crippen LogP contribution in [0.25, 0.3) is 10.9 Å². The fraction of sp³-hybridized carbons (Fsp3) is 0.111. The quantitative estimate of drug-likeness (QED) is 0.539. The molecule has 0 spiro atoms. The van der Waals surface area contributed by atoms with E-state index in [4.69, 9.17) is 7.85 Å². The molecule has 5 heteroatoms. The molecule has 0 unspecified atom stereocenters. The van der Waals surface area contributed by atoms with Gasteiger partial charge in [0.1, 0.15) is 19.2 Å². The Morgan fingerprint density at radius 2 is 2.21 bits per heavy atom. The summed E-state index contributed by atoms with van der Waals surface area (Å²) in [6.45, 7) is 0. The molecule has 0 aliphatic carbocycles. The average molecular weight is 188 g/mol. The Balaban J connectivity index is 3.03. The van der Waals surface area contributed by atoms with E-state index < -0.39 is 5.82 Å². The molecular weight excluding hydrogens is 182 g/mol. The van der Waals surface area contributed by atoms with Gasteiger partial charge in [0, 0.05) is 7.05 Å². The van der Waals surface area contributed by atoms with Crippen LogP contribution in [0.1, 0.15) is 0 Å². The van der Waals surface area contributed by atoms with Crippen LogP contribution in [-0.2, 0) is 7.05 Å². The first kappa shape index (κ1) is 8.93. The molecule has 0 N–H and O–H groups in total. The standard InChI is InChI=1S/C9H6BFN2O/c1-13-4-12-8-6(9(13)14)2-5(10)3-7(8)11/h2-4H,1H3. The zero-order valence-corrected chi connectivity index (χ0v) is 7.49. The molecule has 2 radical (unpaired) electrons. The Labute approximate surface area is 80.6 Å². The van der Waals surface area contributed by atoms with E-state index in [9.17, 15) is 9.18 Å². The molecule has 1 aromatic heterocycles. The molecule has 1 heterocycles. The fourth-order valence-electron chi connectivity index (χ4n) is 1.30. The Hall–Kier alpha value is -1.65. The van der Waals surface area contributed by atoms with Crippen molar-refractivity contribution in [1.82, 2.24) is 9.55 Å². The molecule has 2 rings (SSSR count). The normalized spacial score (nSPS) is 10.7. The number of fused-ring (bicyclic) bond motifs is 1. The molecule has 0 aliphatic rings. The van der Waals surface area contributed by atoms with Gasteiger partial charge in [-0.3, -0.25) is 4.79 Å². The lowest BCUT2D eigenvalue weighted by Crippen LogP contribution is -2.19. The van der Waals surface area contributed by atoms with Crippen molar-refractivity contribution in [2.24, 2.45) is 7.05 Å². The summed E-state index contributed by atoms with van der Waals surface area (Å²) in [4.78, 5) is 15.3. The number of aryl methyl sites for hydroxylation is 1.